The molecule has 1 aromatic heterocycles. The summed E-state index contributed by atoms with van der Waals surface area (Å²) in [5.41, 5.74) is 1.18. The molecule has 1 heterocycles. The highest BCUT2D eigenvalue weighted by Crippen LogP contribution is 2.30. The van der Waals surface area contributed by atoms with Crippen LogP contribution < -0.4 is 0 Å². The van der Waals surface area contributed by atoms with Crippen LogP contribution in [0.25, 0.3) is 0 Å². The third kappa shape index (κ3) is 4.20. The summed E-state index contributed by atoms with van der Waals surface area (Å²) in [7, 11) is 2.09. The van der Waals surface area contributed by atoms with Crippen molar-refractivity contribution < 1.29 is 9.21 Å². The Morgan fingerprint density at radius 3 is 3.00 bits per heavy atom. The van der Waals surface area contributed by atoms with Gasteiger partial charge in [0.05, 0.1) is 12.5 Å². The number of hydrogen-bond acceptors (Lipinski definition) is 3. The Kier molecular flexibility index (Phi) is 5.20. The summed E-state index contributed by atoms with van der Waals surface area (Å²) in [6, 6.07) is 1.99. The van der Waals surface area contributed by atoms with Crippen LogP contribution in [-0.2, 0) is 11.3 Å². The van der Waals surface area contributed by atoms with E-state index in [4.69, 9.17) is 4.42 Å². The second-order valence-electron chi connectivity index (χ2n) is 5.92. The Morgan fingerprint density at radius 2 is 2.32 bits per heavy atom. The second kappa shape index (κ2) is 6.90. The average Bonchev–Trinajstić information content (AvgIpc) is 2.86. The van der Waals surface area contributed by atoms with Crippen molar-refractivity contribution in [2.24, 2.45) is 11.8 Å². The molecule has 0 bridgehead atoms. The van der Waals surface area contributed by atoms with Crippen LogP contribution in [0.3, 0.4) is 0 Å². The van der Waals surface area contributed by atoms with Gasteiger partial charge >= 0.3 is 0 Å². The molecular weight excluding hydrogens is 238 g/mol. The first-order chi connectivity index (χ1) is 9.19. The number of hydrogen-bond donors (Lipinski definition) is 0. The van der Waals surface area contributed by atoms with Crippen LogP contribution in [0.15, 0.2) is 23.0 Å². The van der Waals surface area contributed by atoms with Crippen LogP contribution in [0.4, 0.5) is 0 Å². The molecule has 1 aliphatic carbocycles. The molecule has 0 amide bonds. The van der Waals surface area contributed by atoms with E-state index in [0.717, 1.165) is 38.3 Å². The molecule has 2 rings (SSSR count). The summed E-state index contributed by atoms with van der Waals surface area (Å²) < 4.78 is 5.08. The topological polar surface area (TPSA) is 33.5 Å². The highest BCUT2D eigenvalue weighted by atomic mass is 16.3. The molecule has 0 saturated heterocycles. The molecule has 0 aromatic carbocycles. The summed E-state index contributed by atoms with van der Waals surface area (Å²) in [6.45, 7) is 3.97. The van der Waals surface area contributed by atoms with Crippen LogP contribution in [0, 0.1) is 11.8 Å². The van der Waals surface area contributed by atoms with Crippen LogP contribution in [0.2, 0.25) is 0 Å². The fourth-order valence-corrected chi connectivity index (χ4v) is 3.18. The Bertz CT molecular complexity index is 385. The van der Waals surface area contributed by atoms with E-state index in [1.54, 1.807) is 12.5 Å². The van der Waals surface area contributed by atoms with Gasteiger partial charge in [0.2, 0.25) is 0 Å². The molecule has 0 N–H and O–H groups in total. The lowest BCUT2D eigenvalue weighted by Crippen LogP contribution is -2.34. The first-order valence-corrected chi connectivity index (χ1v) is 7.41. The first kappa shape index (κ1) is 14.3. The largest absolute Gasteiger partial charge is 0.472 e. The van der Waals surface area contributed by atoms with E-state index in [1.165, 1.54) is 18.4 Å². The van der Waals surface area contributed by atoms with Crippen molar-refractivity contribution in [1.29, 1.82) is 0 Å². The van der Waals surface area contributed by atoms with Crippen LogP contribution in [0.5, 0.6) is 0 Å². The van der Waals surface area contributed by atoms with E-state index in [9.17, 15) is 4.79 Å². The molecule has 0 aliphatic heterocycles. The molecule has 0 spiro atoms. The summed E-state index contributed by atoms with van der Waals surface area (Å²) >= 11 is 0. The summed E-state index contributed by atoms with van der Waals surface area (Å²) in [6.07, 6.45) is 8.96. The van der Waals surface area contributed by atoms with Crippen molar-refractivity contribution >= 4 is 5.78 Å². The average molecular weight is 263 g/mol. The maximum atomic E-state index is 12.0. The zero-order chi connectivity index (χ0) is 13.7. The molecule has 1 saturated carbocycles. The van der Waals surface area contributed by atoms with E-state index in [2.05, 4.69) is 18.9 Å². The lowest BCUT2D eigenvalue weighted by atomic mass is 9.78. The zero-order valence-corrected chi connectivity index (χ0v) is 12.1. The molecule has 1 fully saturated rings. The molecule has 3 heteroatoms. The van der Waals surface area contributed by atoms with Gasteiger partial charge in [0.1, 0.15) is 5.78 Å². The monoisotopic (exact) mass is 263 g/mol. The Morgan fingerprint density at radius 1 is 1.47 bits per heavy atom. The van der Waals surface area contributed by atoms with Gasteiger partial charge in [0.25, 0.3) is 0 Å². The maximum Gasteiger partial charge on any atom is 0.137 e. The van der Waals surface area contributed by atoms with Gasteiger partial charge in [-0.25, -0.2) is 0 Å². The van der Waals surface area contributed by atoms with Crippen molar-refractivity contribution in [3.8, 4) is 0 Å². The van der Waals surface area contributed by atoms with E-state index < -0.39 is 0 Å². The number of ketones is 1. The molecule has 0 radical (unpaired) electrons. The predicted octanol–water partition coefficient (Wildman–Crippen LogP) is 3.50. The Balaban J connectivity index is 1.83. The van der Waals surface area contributed by atoms with Crippen LogP contribution in [0.1, 0.15) is 44.6 Å². The minimum absolute atomic E-state index is 0.238. The third-order valence-electron chi connectivity index (χ3n) is 4.13. The Labute approximate surface area is 116 Å². The summed E-state index contributed by atoms with van der Waals surface area (Å²) in [5.74, 6) is 1.46. The minimum Gasteiger partial charge on any atom is -0.472 e. The summed E-state index contributed by atoms with van der Waals surface area (Å²) in [4.78, 5) is 14.3. The standard InChI is InChI=1S/C16H25NO2/c1-3-4-13-5-6-16(18)15(9-13)11-17(2)10-14-7-8-19-12-14/h7-8,12-13,15H,3-6,9-11H2,1-2H3. The lowest BCUT2D eigenvalue weighted by molar-refractivity contribution is -0.126. The molecule has 106 valence electrons. The molecule has 1 aromatic rings. The minimum atomic E-state index is 0.238. The van der Waals surface area contributed by atoms with Crippen molar-refractivity contribution in [3.05, 3.63) is 24.2 Å². The lowest BCUT2D eigenvalue weighted by Gasteiger charge is -2.30. The number of furan rings is 1. The first-order valence-electron chi connectivity index (χ1n) is 7.41. The van der Waals surface area contributed by atoms with Gasteiger partial charge < -0.3 is 9.32 Å². The molecular formula is C16H25NO2. The second-order valence-corrected chi connectivity index (χ2v) is 5.92. The quantitative estimate of drug-likeness (QED) is 0.787. The third-order valence-corrected chi connectivity index (χ3v) is 4.13. The van der Waals surface area contributed by atoms with Crippen molar-refractivity contribution in [1.82, 2.24) is 4.90 Å². The fourth-order valence-electron chi connectivity index (χ4n) is 3.18. The van der Waals surface area contributed by atoms with Crippen LogP contribution in [-0.4, -0.2) is 24.3 Å². The number of carbonyl (C=O) groups excluding carboxylic acids is 1. The Hall–Kier alpha value is -1.09. The summed E-state index contributed by atoms with van der Waals surface area (Å²) in [5, 5.41) is 0. The maximum absolute atomic E-state index is 12.0. The van der Waals surface area contributed by atoms with E-state index in [1.807, 2.05) is 6.07 Å². The number of Topliss-reactive ketones (excluding diaryl/α,β-unsaturated/α-hetero) is 1. The highest BCUT2D eigenvalue weighted by molar-refractivity contribution is 5.81. The van der Waals surface area contributed by atoms with Crippen molar-refractivity contribution in [2.75, 3.05) is 13.6 Å². The predicted molar refractivity (Wildman–Crippen MR) is 75.8 cm³/mol. The smallest absolute Gasteiger partial charge is 0.137 e. The fraction of sp³-hybridized carbons (Fsp3) is 0.688. The van der Waals surface area contributed by atoms with Gasteiger partial charge in [0, 0.05) is 31.0 Å². The molecule has 3 nitrogen and oxygen atoms in total. The zero-order valence-electron chi connectivity index (χ0n) is 12.1. The van der Waals surface area contributed by atoms with Crippen LogP contribution >= 0.6 is 0 Å². The van der Waals surface area contributed by atoms with Gasteiger partial charge in [-0.15, -0.1) is 0 Å². The SMILES string of the molecule is CCCC1CCC(=O)C(CN(C)Cc2ccoc2)C1. The van der Waals surface area contributed by atoms with Crippen molar-refractivity contribution in [3.63, 3.8) is 0 Å². The molecule has 2 atom stereocenters. The highest BCUT2D eigenvalue weighted by Gasteiger charge is 2.28. The number of carbonyl (C=O) groups is 1. The van der Waals surface area contributed by atoms with Gasteiger partial charge in [-0.3, -0.25) is 4.79 Å². The van der Waals surface area contributed by atoms with Crippen molar-refractivity contribution in [2.45, 2.75) is 45.6 Å². The molecule has 19 heavy (non-hydrogen) atoms. The van der Waals surface area contributed by atoms with E-state index in [-0.39, 0.29) is 5.92 Å². The van der Waals surface area contributed by atoms with E-state index >= 15 is 0 Å². The van der Waals surface area contributed by atoms with Gasteiger partial charge in [0.15, 0.2) is 0 Å². The van der Waals surface area contributed by atoms with Gasteiger partial charge in [-0.2, -0.15) is 0 Å². The number of nitrogens with zero attached hydrogens (tertiary/aromatic N) is 1. The normalized spacial score (nSPS) is 24.1. The molecule has 2 unspecified atom stereocenters. The number of rotatable bonds is 6. The molecule has 1 aliphatic rings. The van der Waals surface area contributed by atoms with Gasteiger partial charge in [-0.1, -0.05) is 19.8 Å². The van der Waals surface area contributed by atoms with Gasteiger partial charge in [-0.05, 0) is 31.9 Å². The van der Waals surface area contributed by atoms with E-state index in [0.29, 0.717) is 5.78 Å².